The molecule has 1 saturated heterocycles. The Balaban J connectivity index is 2.41. The second-order valence-corrected chi connectivity index (χ2v) is 4.46. The van der Waals surface area contributed by atoms with Gasteiger partial charge in [0.25, 0.3) is 0 Å². The van der Waals surface area contributed by atoms with Gasteiger partial charge in [-0.25, -0.2) is 0 Å². The van der Waals surface area contributed by atoms with Crippen LogP contribution in [0.1, 0.15) is 39.5 Å². The number of aliphatic hydroxyl groups is 2. The van der Waals surface area contributed by atoms with E-state index in [2.05, 4.69) is 4.90 Å². The SMILES string of the molecule is CCC(O)(CC)CN1CCCC(O)C1. The molecule has 0 bridgehead atoms. The molecule has 0 amide bonds. The Labute approximate surface area is 86.7 Å². The third kappa shape index (κ3) is 3.23. The van der Waals surface area contributed by atoms with Crippen LogP contribution in [-0.2, 0) is 0 Å². The molecule has 3 nitrogen and oxygen atoms in total. The molecule has 84 valence electrons. The van der Waals surface area contributed by atoms with E-state index in [1.807, 2.05) is 13.8 Å². The highest BCUT2D eigenvalue weighted by Crippen LogP contribution is 2.19. The molecule has 1 fully saturated rings. The highest BCUT2D eigenvalue weighted by atomic mass is 16.3. The lowest BCUT2D eigenvalue weighted by atomic mass is 9.95. The molecule has 1 unspecified atom stereocenters. The van der Waals surface area contributed by atoms with Crippen LogP contribution in [0.5, 0.6) is 0 Å². The number of piperidine rings is 1. The molecule has 1 aliphatic heterocycles. The molecule has 1 aliphatic rings. The predicted octanol–water partition coefficient (Wildman–Crippen LogP) is 0.994. The summed E-state index contributed by atoms with van der Waals surface area (Å²) in [5.74, 6) is 0. The van der Waals surface area contributed by atoms with Gasteiger partial charge in [-0.1, -0.05) is 13.8 Å². The standard InChI is InChI=1S/C11H23NO2/c1-3-11(14,4-2)9-12-7-5-6-10(13)8-12/h10,13-14H,3-9H2,1-2H3. The Morgan fingerprint density at radius 2 is 2.00 bits per heavy atom. The molecular formula is C11H23NO2. The summed E-state index contributed by atoms with van der Waals surface area (Å²) in [4.78, 5) is 2.18. The first-order valence-corrected chi connectivity index (χ1v) is 5.72. The van der Waals surface area contributed by atoms with Gasteiger partial charge >= 0.3 is 0 Å². The minimum atomic E-state index is -0.558. The Bertz CT molecular complexity index is 169. The minimum absolute atomic E-state index is 0.193. The second kappa shape index (κ2) is 5.10. The summed E-state index contributed by atoms with van der Waals surface area (Å²) < 4.78 is 0. The van der Waals surface area contributed by atoms with Crippen LogP contribution in [-0.4, -0.2) is 46.5 Å². The van der Waals surface area contributed by atoms with Crippen LogP contribution in [0.15, 0.2) is 0 Å². The minimum Gasteiger partial charge on any atom is -0.392 e. The van der Waals surface area contributed by atoms with E-state index in [1.165, 1.54) is 0 Å². The topological polar surface area (TPSA) is 43.7 Å². The molecule has 1 rings (SSSR count). The molecule has 0 aromatic heterocycles. The monoisotopic (exact) mass is 201 g/mol. The third-order valence-electron chi connectivity index (χ3n) is 3.31. The van der Waals surface area contributed by atoms with Crippen molar-refractivity contribution in [2.75, 3.05) is 19.6 Å². The Hall–Kier alpha value is -0.120. The van der Waals surface area contributed by atoms with E-state index in [-0.39, 0.29) is 6.10 Å². The van der Waals surface area contributed by atoms with Crippen LogP contribution in [0.3, 0.4) is 0 Å². The van der Waals surface area contributed by atoms with E-state index in [9.17, 15) is 10.2 Å². The summed E-state index contributed by atoms with van der Waals surface area (Å²) in [6.45, 7) is 6.48. The first kappa shape index (κ1) is 12.0. The zero-order chi connectivity index (χ0) is 10.6. The summed E-state index contributed by atoms with van der Waals surface area (Å²) in [6, 6.07) is 0. The lowest BCUT2D eigenvalue weighted by Crippen LogP contribution is -2.47. The molecule has 0 spiro atoms. The van der Waals surface area contributed by atoms with E-state index in [1.54, 1.807) is 0 Å². The number of nitrogens with zero attached hydrogens (tertiary/aromatic N) is 1. The summed E-state index contributed by atoms with van der Waals surface area (Å²) in [7, 11) is 0. The number of likely N-dealkylation sites (tertiary alicyclic amines) is 1. The van der Waals surface area contributed by atoms with Gasteiger partial charge < -0.3 is 10.2 Å². The fourth-order valence-electron chi connectivity index (χ4n) is 2.06. The average Bonchev–Trinajstić information content (AvgIpc) is 2.18. The smallest absolute Gasteiger partial charge is 0.0768 e. The van der Waals surface area contributed by atoms with Crippen molar-refractivity contribution < 1.29 is 10.2 Å². The number of aliphatic hydroxyl groups excluding tert-OH is 1. The van der Waals surface area contributed by atoms with E-state index < -0.39 is 5.60 Å². The Morgan fingerprint density at radius 1 is 1.36 bits per heavy atom. The van der Waals surface area contributed by atoms with E-state index in [0.29, 0.717) is 6.54 Å². The van der Waals surface area contributed by atoms with Gasteiger partial charge in [0.2, 0.25) is 0 Å². The van der Waals surface area contributed by atoms with Crippen molar-refractivity contribution in [3.63, 3.8) is 0 Å². The second-order valence-electron chi connectivity index (χ2n) is 4.46. The van der Waals surface area contributed by atoms with Gasteiger partial charge in [0.15, 0.2) is 0 Å². The highest BCUT2D eigenvalue weighted by Gasteiger charge is 2.28. The van der Waals surface area contributed by atoms with Crippen LogP contribution >= 0.6 is 0 Å². The zero-order valence-corrected chi connectivity index (χ0v) is 9.37. The third-order valence-corrected chi connectivity index (χ3v) is 3.31. The van der Waals surface area contributed by atoms with Crippen molar-refractivity contribution in [3.05, 3.63) is 0 Å². The van der Waals surface area contributed by atoms with Gasteiger partial charge in [-0.05, 0) is 32.2 Å². The van der Waals surface area contributed by atoms with Crippen LogP contribution in [0.4, 0.5) is 0 Å². The summed E-state index contributed by atoms with van der Waals surface area (Å²) >= 11 is 0. The van der Waals surface area contributed by atoms with Crippen molar-refractivity contribution in [1.29, 1.82) is 0 Å². The number of hydrogen-bond acceptors (Lipinski definition) is 3. The molecule has 0 aromatic rings. The van der Waals surface area contributed by atoms with Crippen molar-refractivity contribution >= 4 is 0 Å². The Kier molecular flexibility index (Phi) is 4.35. The predicted molar refractivity (Wildman–Crippen MR) is 57.2 cm³/mol. The van der Waals surface area contributed by atoms with E-state index >= 15 is 0 Å². The normalized spacial score (nSPS) is 25.3. The summed E-state index contributed by atoms with van der Waals surface area (Å²) in [5.41, 5.74) is -0.558. The molecule has 3 heteroatoms. The van der Waals surface area contributed by atoms with Gasteiger partial charge in [0.1, 0.15) is 0 Å². The Morgan fingerprint density at radius 3 is 2.50 bits per heavy atom. The molecule has 2 N–H and O–H groups in total. The number of hydrogen-bond donors (Lipinski definition) is 2. The first-order chi connectivity index (χ1) is 6.59. The average molecular weight is 201 g/mol. The lowest BCUT2D eigenvalue weighted by Gasteiger charge is -2.36. The molecule has 0 aromatic carbocycles. The largest absolute Gasteiger partial charge is 0.392 e. The van der Waals surface area contributed by atoms with Crippen molar-refractivity contribution in [1.82, 2.24) is 4.90 Å². The molecule has 0 radical (unpaired) electrons. The van der Waals surface area contributed by atoms with Crippen molar-refractivity contribution in [2.24, 2.45) is 0 Å². The molecule has 1 heterocycles. The zero-order valence-electron chi connectivity index (χ0n) is 9.37. The van der Waals surface area contributed by atoms with Gasteiger partial charge in [-0.2, -0.15) is 0 Å². The summed E-state index contributed by atoms with van der Waals surface area (Å²) in [6.07, 6.45) is 3.34. The summed E-state index contributed by atoms with van der Waals surface area (Å²) in [5, 5.41) is 19.6. The van der Waals surface area contributed by atoms with Gasteiger partial charge in [-0.15, -0.1) is 0 Å². The maximum atomic E-state index is 10.1. The molecule has 0 aliphatic carbocycles. The fourth-order valence-corrected chi connectivity index (χ4v) is 2.06. The van der Waals surface area contributed by atoms with Crippen LogP contribution in [0.2, 0.25) is 0 Å². The van der Waals surface area contributed by atoms with Gasteiger partial charge in [0.05, 0.1) is 11.7 Å². The van der Waals surface area contributed by atoms with Crippen molar-refractivity contribution in [3.8, 4) is 0 Å². The van der Waals surface area contributed by atoms with Crippen molar-refractivity contribution in [2.45, 2.75) is 51.2 Å². The highest BCUT2D eigenvalue weighted by molar-refractivity contribution is 4.82. The molecule has 0 saturated carbocycles. The van der Waals surface area contributed by atoms with E-state index in [0.717, 1.165) is 38.8 Å². The quantitative estimate of drug-likeness (QED) is 0.713. The van der Waals surface area contributed by atoms with Crippen LogP contribution < -0.4 is 0 Å². The number of rotatable bonds is 4. The molecule has 14 heavy (non-hydrogen) atoms. The molecule has 1 atom stereocenters. The van der Waals surface area contributed by atoms with Gasteiger partial charge in [-0.3, -0.25) is 4.90 Å². The first-order valence-electron chi connectivity index (χ1n) is 5.72. The maximum absolute atomic E-state index is 10.1. The van der Waals surface area contributed by atoms with Crippen LogP contribution in [0.25, 0.3) is 0 Å². The van der Waals surface area contributed by atoms with Crippen LogP contribution in [0, 0.1) is 0 Å². The fraction of sp³-hybridized carbons (Fsp3) is 1.00. The van der Waals surface area contributed by atoms with Gasteiger partial charge in [0, 0.05) is 13.1 Å². The van der Waals surface area contributed by atoms with E-state index in [4.69, 9.17) is 0 Å². The number of β-amino-alcohol motifs (C(OH)–C–C–N with tert-alkyl or cyclic N) is 2. The lowest BCUT2D eigenvalue weighted by molar-refractivity contribution is -0.0255. The molecular weight excluding hydrogens is 178 g/mol. The maximum Gasteiger partial charge on any atom is 0.0768 e.